The summed E-state index contributed by atoms with van der Waals surface area (Å²) in [5.74, 6) is 1.91. The number of rotatable bonds is 4. The minimum atomic E-state index is 0.0182. The van der Waals surface area contributed by atoms with E-state index < -0.39 is 0 Å². The Bertz CT molecular complexity index is 936. The van der Waals surface area contributed by atoms with E-state index in [0.717, 1.165) is 61.0 Å². The van der Waals surface area contributed by atoms with E-state index in [1.165, 1.54) is 5.56 Å². The van der Waals surface area contributed by atoms with Crippen molar-refractivity contribution < 1.29 is 4.74 Å². The van der Waals surface area contributed by atoms with Crippen molar-refractivity contribution in [1.29, 1.82) is 0 Å². The van der Waals surface area contributed by atoms with Crippen LogP contribution in [0.3, 0.4) is 0 Å². The summed E-state index contributed by atoms with van der Waals surface area (Å²) in [5.41, 5.74) is 4.23. The van der Waals surface area contributed by atoms with Crippen LogP contribution < -0.4 is 9.64 Å². The molecule has 146 valence electrons. The van der Waals surface area contributed by atoms with Gasteiger partial charge in [0.15, 0.2) is 0 Å². The molecule has 1 aromatic carbocycles. The Balaban J connectivity index is 1.41. The number of anilines is 1. The first-order valence-electron chi connectivity index (χ1n) is 10.2. The number of hydrogen-bond acceptors (Lipinski definition) is 6. The van der Waals surface area contributed by atoms with Crippen molar-refractivity contribution in [3.63, 3.8) is 0 Å². The van der Waals surface area contributed by atoms with E-state index in [4.69, 9.17) is 9.73 Å². The van der Waals surface area contributed by atoms with Crippen LogP contribution in [0.1, 0.15) is 43.5 Å². The van der Waals surface area contributed by atoms with Gasteiger partial charge >= 0.3 is 0 Å². The van der Waals surface area contributed by atoms with Gasteiger partial charge in [-0.2, -0.15) is 0 Å². The van der Waals surface area contributed by atoms with Crippen LogP contribution in [0.2, 0.25) is 0 Å². The summed E-state index contributed by atoms with van der Waals surface area (Å²) < 4.78 is 6.16. The van der Waals surface area contributed by atoms with E-state index in [-0.39, 0.29) is 5.60 Å². The maximum absolute atomic E-state index is 6.16. The molecule has 1 aromatic heterocycles. The number of piperazine rings is 1. The topological polar surface area (TPSA) is 53.9 Å². The average Bonchev–Trinajstić information content (AvgIpc) is 3.26. The Morgan fingerprint density at radius 2 is 2.00 bits per heavy atom. The lowest BCUT2D eigenvalue weighted by Crippen LogP contribution is -2.50. The third-order valence-corrected chi connectivity index (χ3v) is 6.24. The molecule has 28 heavy (non-hydrogen) atoms. The fourth-order valence-electron chi connectivity index (χ4n) is 3.91. The first kappa shape index (κ1) is 17.6. The highest BCUT2D eigenvalue weighted by Gasteiger charge is 2.40. The zero-order chi connectivity index (χ0) is 19.3. The van der Waals surface area contributed by atoms with Gasteiger partial charge in [-0.15, -0.1) is 0 Å². The molecule has 0 radical (unpaired) electrons. The summed E-state index contributed by atoms with van der Waals surface area (Å²) in [5, 5.41) is 0. The van der Waals surface area contributed by atoms with E-state index in [0.29, 0.717) is 12.6 Å². The largest absolute Gasteiger partial charge is 0.488 e. The molecule has 6 heteroatoms. The standard InChI is InChI=1S/C22H27N5O/c1-15-13-27(9-8-26(15)3)20-11-19(24-14-25-20)21-18-10-17(28-22(2)6-7-22)5-4-16(18)12-23-21/h4-5,10-11,14-15H,6-9,12-13H2,1-3H3/t15-/m0/s1. The molecule has 1 saturated heterocycles. The maximum Gasteiger partial charge on any atom is 0.132 e. The molecule has 1 saturated carbocycles. The third kappa shape index (κ3) is 3.26. The molecular weight excluding hydrogens is 350 g/mol. The highest BCUT2D eigenvalue weighted by atomic mass is 16.5. The number of fused-ring (bicyclic) bond motifs is 1. The van der Waals surface area contributed by atoms with Crippen molar-refractivity contribution in [2.24, 2.45) is 4.99 Å². The number of ether oxygens (including phenoxy) is 1. The molecule has 2 aliphatic heterocycles. The fourth-order valence-corrected chi connectivity index (χ4v) is 3.91. The summed E-state index contributed by atoms with van der Waals surface area (Å²) >= 11 is 0. The highest BCUT2D eigenvalue weighted by Crippen LogP contribution is 2.40. The van der Waals surface area contributed by atoms with Gasteiger partial charge in [0.2, 0.25) is 0 Å². The average molecular weight is 377 g/mol. The summed E-state index contributed by atoms with van der Waals surface area (Å²) in [6, 6.07) is 8.93. The molecular formula is C22H27N5O. The minimum absolute atomic E-state index is 0.0182. The molecule has 3 aliphatic rings. The highest BCUT2D eigenvalue weighted by molar-refractivity contribution is 6.14. The predicted molar refractivity (Wildman–Crippen MR) is 110 cm³/mol. The molecule has 1 atom stereocenters. The number of aromatic nitrogens is 2. The molecule has 0 bridgehead atoms. The number of aliphatic imine (C=N–C) groups is 1. The van der Waals surface area contributed by atoms with Crippen molar-refractivity contribution in [2.45, 2.75) is 44.9 Å². The van der Waals surface area contributed by atoms with E-state index in [1.807, 2.05) is 0 Å². The molecule has 0 spiro atoms. The molecule has 1 aliphatic carbocycles. The zero-order valence-corrected chi connectivity index (χ0v) is 16.9. The van der Waals surface area contributed by atoms with E-state index in [1.54, 1.807) is 6.33 Å². The van der Waals surface area contributed by atoms with Crippen molar-refractivity contribution >= 4 is 11.5 Å². The summed E-state index contributed by atoms with van der Waals surface area (Å²) in [7, 11) is 2.18. The van der Waals surface area contributed by atoms with Gasteiger partial charge in [-0.3, -0.25) is 4.99 Å². The Labute approximate surface area is 166 Å². The number of hydrogen-bond donors (Lipinski definition) is 0. The van der Waals surface area contributed by atoms with Gasteiger partial charge in [0, 0.05) is 37.3 Å². The van der Waals surface area contributed by atoms with Gasteiger partial charge in [-0.05, 0) is 51.4 Å². The number of benzene rings is 1. The van der Waals surface area contributed by atoms with E-state index >= 15 is 0 Å². The van der Waals surface area contributed by atoms with Gasteiger partial charge < -0.3 is 14.5 Å². The molecule has 0 unspecified atom stereocenters. The van der Waals surface area contributed by atoms with E-state index in [2.05, 4.69) is 64.9 Å². The third-order valence-electron chi connectivity index (χ3n) is 6.24. The first-order valence-corrected chi connectivity index (χ1v) is 10.2. The van der Waals surface area contributed by atoms with Gasteiger partial charge in [0.25, 0.3) is 0 Å². The molecule has 0 amide bonds. The van der Waals surface area contributed by atoms with Crippen LogP contribution in [-0.2, 0) is 6.54 Å². The van der Waals surface area contributed by atoms with Crippen LogP contribution in [0.25, 0.3) is 0 Å². The van der Waals surface area contributed by atoms with Crippen molar-refractivity contribution in [3.8, 4) is 5.75 Å². The van der Waals surface area contributed by atoms with Crippen molar-refractivity contribution in [3.05, 3.63) is 47.4 Å². The monoisotopic (exact) mass is 377 g/mol. The summed E-state index contributed by atoms with van der Waals surface area (Å²) in [6.45, 7) is 8.14. The Hall–Kier alpha value is -2.47. The lowest BCUT2D eigenvalue weighted by Gasteiger charge is -2.38. The smallest absolute Gasteiger partial charge is 0.132 e. The van der Waals surface area contributed by atoms with Crippen LogP contribution in [0.4, 0.5) is 5.82 Å². The second-order valence-electron chi connectivity index (χ2n) is 8.57. The zero-order valence-electron chi connectivity index (χ0n) is 16.9. The van der Waals surface area contributed by atoms with Gasteiger partial charge in [0.05, 0.1) is 18.0 Å². The first-order chi connectivity index (χ1) is 13.5. The fraction of sp³-hybridized carbons (Fsp3) is 0.500. The van der Waals surface area contributed by atoms with E-state index in [9.17, 15) is 0 Å². The van der Waals surface area contributed by atoms with Crippen LogP contribution >= 0.6 is 0 Å². The molecule has 2 aromatic rings. The Morgan fingerprint density at radius 3 is 2.79 bits per heavy atom. The number of likely N-dealkylation sites (N-methyl/N-ethyl adjacent to an activating group) is 1. The minimum Gasteiger partial charge on any atom is -0.488 e. The van der Waals surface area contributed by atoms with Crippen LogP contribution in [0, 0.1) is 0 Å². The summed E-state index contributed by atoms with van der Waals surface area (Å²) in [6.07, 6.45) is 3.92. The number of nitrogens with zero attached hydrogens (tertiary/aromatic N) is 5. The van der Waals surface area contributed by atoms with Gasteiger partial charge in [0.1, 0.15) is 23.5 Å². The van der Waals surface area contributed by atoms with Crippen LogP contribution in [0.15, 0.2) is 35.6 Å². The lowest BCUT2D eigenvalue weighted by atomic mass is 10.0. The molecule has 0 N–H and O–H groups in total. The normalized spacial score (nSPS) is 23.3. The maximum atomic E-state index is 6.16. The second-order valence-corrected chi connectivity index (χ2v) is 8.57. The van der Waals surface area contributed by atoms with Crippen LogP contribution in [-0.4, -0.2) is 58.9 Å². The van der Waals surface area contributed by atoms with Crippen molar-refractivity contribution in [1.82, 2.24) is 14.9 Å². The van der Waals surface area contributed by atoms with Crippen LogP contribution in [0.5, 0.6) is 5.75 Å². The SMILES string of the molecule is C[C@H]1CN(c2cc(C3=NCc4ccc(OC5(C)CC5)cc43)ncn2)CCN1C. The predicted octanol–water partition coefficient (Wildman–Crippen LogP) is 2.90. The molecule has 2 fully saturated rings. The molecule has 5 rings (SSSR count). The quantitative estimate of drug-likeness (QED) is 0.820. The Kier molecular flexibility index (Phi) is 4.12. The van der Waals surface area contributed by atoms with Gasteiger partial charge in [-0.25, -0.2) is 9.97 Å². The summed E-state index contributed by atoms with van der Waals surface area (Å²) in [4.78, 5) is 18.6. The van der Waals surface area contributed by atoms with Gasteiger partial charge in [-0.1, -0.05) is 6.07 Å². The molecule has 6 nitrogen and oxygen atoms in total. The lowest BCUT2D eigenvalue weighted by molar-refractivity contribution is 0.200. The molecule has 3 heterocycles. The Morgan fingerprint density at radius 1 is 1.14 bits per heavy atom. The van der Waals surface area contributed by atoms with Crippen molar-refractivity contribution in [2.75, 3.05) is 31.6 Å². The second kappa shape index (κ2) is 6.55.